The van der Waals surface area contributed by atoms with E-state index in [4.69, 9.17) is 5.73 Å². The van der Waals surface area contributed by atoms with E-state index in [1.807, 2.05) is 0 Å². The van der Waals surface area contributed by atoms with Gasteiger partial charge in [-0.05, 0) is 37.1 Å². The Morgan fingerprint density at radius 2 is 1.45 bits per heavy atom. The molecular formula is C10H23N. The molecule has 0 aliphatic heterocycles. The molecule has 11 heavy (non-hydrogen) atoms. The van der Waals surface area contributed by atoms with Gasteiger partial charge in [0.25, 0.3) is 0 Å². The van der Waals surface area contributed by atoms with E-state index in [1.165, 1.54) is 12.8 Å². The van der Waals surface area contributed by atoms with Gasteiger partial charge in [0.2, 0.25) is 0 Å². The molecule has 0 spiro atoms. The first-order chi connectivity index (χ1) is 5.06. The minimum Gasteiger partial charge on any atom is -0.330 e. The minimum atomic E-state index is 0.698. The maximum absolute atomic E-state index is 5.55. The molecule has 0 radical (unpaired) electrons. The van der Waals surface area contributed by atoms with E-state index in [0.717, 1.165) is 18.4 Å². The molecule has 0 aromatic carbocycles. The molecule has 0 amide bonds. The second kappa shape index (κ2) is 5.59. The Bertz CT molecular complexity index is 88.9. The highest BCUT2D eigenvalue weighted by atomic mass is 14.5. The first-order valence-corrected chi connectivity index (χ1v) is 4.76. The quantitative estimate of drug-likeness (QED) is 0.652. The molecule has 2 N–H and O–H groups in total. The average Bonchev–Trinajstić information content (AvgIpc) is 1.85. The number of hydrogen-bond acceptors (Lipinski definition) is 1. The van der Waals surface area contributed by atoms with Crippen LogP contribution >= 0.6 is 0 Å². The normalized spacial score (nSPS) is 16.9. The zero-order chi connectivity index (χ0) is 8.85. The van der Waals surface area contributed by atoms with Crippen LogP contribution in [-0.2, 0) is 0 Å². The van der Waals surface area contributed by atoms with Gasteiger partial charge in [-0.2, -0.15) is 0 Å². The maximum Gasteiger partial charge on any atom is -0.00514 e. The van der Waals surface area contributed by atoms with E-state index in [9.17, 15) is 0 Å². The van der Waals surface area contributed by atoms with Crippen LogP contribution in [0.2, 0.25) is 0 Å². The molecule has 0 aromatic heterocycles. The lowest BCUT2D eigenvalue weighted by Crippen LogP contribution is -2.14. The first-order valence-electron chi connectivity index (χ1n) is 4.76. The molecular weight excluding hydrogens is 134 g/mol. The van der Waals surface area contributed by atoms with E-state index in [1.54, 1.807) is 0 Å². The summed E-state index contributed by atoms with van der Waals surface area (Å²) < 4.78 is 0. The van der Waals surface area contributed by atoms with E-state index in [0.29, 0.717) is 5.92 Å². The van der Waals surface area contributed by atoms with E-state index >= 15 is 0 Å². The molecule has 0 heterocycles. The fourth-order valence-electron chi connectivity index (χ4n) is 1.68. The first kappa shape index (κ1) is 11.0. The Balaban J connectivity index is 3.43. The third-order valence-electron chi connectivity index (χ3n) is 2.08. The van der Waals surface area contributed by atoms with Crippen LogP contribution in [0.5, 0.6) is 0 Å². The third kappa shape index (κ3) is 6.36. The summed E-state index contributed by atoms with van der Waals surface area (Å²) in [6.45, 7) is 9.96. The highest BCUT2D eigenvalue weighted by Crippen LogP contribution is 2.18. The van der Waals surface area contributed by atoms with Crippen molar-refractivity contribution in [2.45, 2.75) is 40.5 Å². The standard InChI is InChI=1S/C10H23N/c1-8(2)5-9(3)6-10(4)7-11/h8-10H,5-7,11H2,1-4H3. The molecule has 2 atom stereocenters. The van der Waals surface area contributed by atoms with Crippen LogP contribution in [0.25, 0.3) is 0 Å². The summed E-state index contributed by atoms with van der Waals surface area (Å²) in [7, 11) is 0. The van der Waals surface area contributed by atoms with Crippen molar-refractivity contribution >= 4 is 0 Å². The van der Waals surface area contributed by atoms with Gasteiger partial charge in [-0.25, -0.2) is 0 Å². The van der Waals surface area contributed by atoms with Crippen molar-refractivity contribution in [2.75, 3.05) is 6.54 Å². The van der Waals surface area contributed by atoms with Gasteiger partial charge < -0.3 is 5.73 Å². The predicted molar refractivity (Wildman–Crippen MR) is 51.5 cm³/mol. The highest BCUT2D eigenvalue weighted by molar-refractivity contribution is 4.61. The molecule has 2 unspecified atom stereocenters. The SMILES string of the molecule is CC(C)CC(C)CC(C)CN. The summed E-state index contributed by atoms with van der Waals surface area (Å²) in [5.74, 6) is 2.37. The van der Waals surface area contributed by atoms with Crippen LogP contribution < -0.4 is 5.73 Å². The molecule has 68 valence electrons. The Labute approximate surface area is 71.4 Å². The molecule has 0 aliphatic carbocycles. The topological polar surface area (TPSA) is 26.0 Å². The van der Waals surface area contributed by atoms with Crippen molar-refractivity contribution in [2.24, 2.45) is 23.5 Å². The van der Waals surface area contributed by atoms with E-state index < -0.39 is 0 Å². The molecule has 0 bridgehead atoms. The molecule has 0 aromatic rings. The molecule has 0 rings (SSSR count). The summed E-state index contributed by atoms with van der Waals surface area (Å²) in [5, 5.41) is 0. The van der Waals surface area contributed by atoms with Crippen molar-refractivity contribution in [3.63, 3.8) is 0 Å². The monoisotopic (exact) mass is 157 g/mol. The van der Waals surface area contributed by atoms with Crippen molar-refractivity contribution < 1.29 is 0 Å². The molecule has 0 fully saturated rings. The van der Waals surface area contributed by atoms with Crippen LogP contribution in [-0.4, -0.2) is 6.54 Å². The maximum atomic E-state index is 5.55. The summed E-state index contributed by atoms with van der Waals surface area (Å²) >= 11 is 0. The largest absolute Gasteiger partial charge is 0.330 e. The zero-order valence-corrected chi connectivity index (χ0v) is 8.43. The van der Waals surface area contributed by atoms with E-state index in [-0.39, 0.29) is 0 Å². The summed E-state index contributed by atoms with van der Waals surface area (Å²) in [6, 6.07) is 0. The van der Waals surface area contributed by atoms with Gasteiger partial charge in [0, 0.05) is 0 Å². The molecule has 0 aliphatic rings. The lowest BCUT2D eigenvalue weighted by molar-refractivity contribution is 0.359. The van der Waals surface area contributed by atoms with Crippen molar-refractivity contribution in [1.82, 2.24) is 0 Å². The Morgan fingerprint density at radius 1 is 0.909 bits per heavy atom. The zero-order valence-electron chi connectivity index (χ0n) is 8.43. The smallest absolute Gasteiger partial charge is 0.00514 e. The molecule has 1 heteroatoms. The van der Waals surface area contributed by atoms with Gasteiger partial charge >= 0.3 is 0 Å². The van der Waals surface area contributed by atoms with Crippen LogP contribution in [0.4, 0.5) is 0 Å². The fraction of sp³-hybridized carbons (Fsp3) is 1.00. The summed E-state index contributed by atoms with van der Waals surface area (Å²) in [6.07, 6.45) is 2.62. The Hall–Kier alpha value is -0.0400. The Morgan fingerprint density at radius 3 is 1.82 bits per heavy atom. The van der Waals surface area contributed by atoms with Gasteiger partial charge in [0.1, 0.15) is 0 Å². The fourth-order valence-corrected chi connectivity index (χ4v) is 1.68. The number of nitrogens with two attached hydrogens (primary N) is 1. The molecule has 0 saturated carbocycles. The van der Waals surface area contributed by atoms with Crippen molar-refractivity contribution in [3.8, 4) is 0 Å². The van der Waals surface area contributed by atoms with Gasteiger partial charge in [-0.1, -0.05) is 27.7 Å². The number of rotatable bonds is 5. The van der Waals surface area contributed by atoms with Gasteiger partial charge in [-0.15, -0.1) is 0 Å². The second-order valence-electron chi connectivity index (χ2n) is 4.31. The second-order valence-corrected chi connectivity index (χ2v) is 4.31. The summed E-state index contributed by atoms with van der Waals surface area (Å²) in [4.78, 5) is 0. The molecule has 1 nitrogen and oxygen atoms in total. The minimum absolute atomic E-state index is 0.698. The number of hydrogen-bond donors (Lipinski definition) is 1. The van der Waals surface area contributed by atoms with Crippen LogP contribution in [0.1, 0.15) is 40.5 Å². The lowest BCUT2D eigenvalue weighted by Gasteiger charge is -2.17. The van der Waals surface area contributed by atoms with Gasteiger partial charge in [0.15, 0.2) is 0 Å². The lowest BCUT2D eigenvalue weighted by atomic mass is 9.90. The van der Waals surface area contributed by atoms with Crippen LogP contribution in [0.3, 0.4) is 0 Å². The average molecular weight is 157 g/mol. The van der Waals surface area contributed by atoms with Crippen molar-refractivity contribution in [1.29, 1.82) is 0 Å². The predicted octanol–water partition coefficient (Wildman–Crippen LogP) is 2.65. The Kier molecular flexibility index (Phi) is 5.57. The van der Waals surface area contributed by atoms with Crippen LogP contribution in [0.15, 0.2) is 0 Å². The van der Waals surface area contributed by atoms with Gasteiger partial charge in [0.05, 0.1) is 0 Å². The highest BCUT2D eigenvalue weighted by Gasteiger charge is 2.08. The van der Waals surface area contributed by atoms with Crippen molar-refractivity contribution in [3.05, 3.63) is 0 Å². The van der Waals surface area contributed by atoms with Gasteiger partial charge in [-0.3, -0.25) is 0 Å². The van der Waals surface area contributed by atoms with Crippen LogP contribution in [0, 0.1) is 17.8 Å². The third-order valence-corrected chi connectivity index (χ3v) is 2.08. The molecule has 0 saturated heterocycles. The van der Waals surface area contributed by atoms with E-state index in [2.05, 4.69) is 27.7 Å². The summed E-state index contributed by atoms with van der Waals surface area (Å²) in [5.41, 5.74) is 5.55.